The number of carboxylic acids is 2. The molecule has 0 bridgehead atoms. The molecule has 40 heavy (non-hydrogen) atoms. The third-order valence-electron chi connectivity index (χ3n) is 5.45. The van der Waals surface area contributed by atoms with Gasteiger partial charge >= 0.3 is 24.1 Å². The third-order valence-corrected chi connectivity index (χ3v) is 6.57. The monoisotopic (exact) mass is 702 g/mol. The van der Waals surface area contributed by atoms with Gasteiger partial charge < -0.3 is 29.5 Å². The molecule has 2 rings (SSSR count). The second-order valence-electron chi connectivity index (χ2n) is 11.3. The topological polar surface area (TPSA) is 140 Å². The predicted octanol–water partition coefficient (Wildman–Crippen LogP) is 3.80. The van der Waals surface area contributed by atoms with Crippen LogP contribution in [0.4, 0.5) is 9.59 Å². The summed E-state index contributed by atoms with van der Waals surface area (Å²) in [5.41, 5.74) is -0.797. The van der Waals surface area contributed by atoms with Crippen LogP contribution in [-0.2, 0) is 19.1 Å². The molecular formula is C26H48Br2N4O8. The summed E-state index contributed by atoms with van der Waals surface area (Å²) in [7, 11) is 0. The van der Waals surface area contributed by atoms with E-state index in [9.17, 15) is 9.59 Å². The Balaban J connectivity index is 0.000000634. The van der Waals surface area contributed by atoms with Crippen LogP contribution < -0.4 is 0 Å². The summed E-state index contributed by atoms with van der Waals surface area (Å²) in [4.78, 5) is 50.2. The highest BCUT2D eigenvalue weighted by Crippen LogP contribution is 2.13. The first-order valence-corrected chi connectivity index (χ1v) is 15.7. The van der Waals surface area contributed by atoms with Gasteiger partial charge in [0.1, 0.15) is 11.2 Å². The Kier molecular flexibility index (Phi) is 18.7. The minimum Gasteiger partial charge on any atom is -0.473 e. The van der Waals surface area contributed by atoms with Crippen molar-refractivity contribution in [3.05, 3.63) is 0 Å². The van der Waals surface area contributed by atoms with Crippen LogP contribution in [0.3, 0.4) is 0 Å². The number of halogens is 2. The van der Waals surface area contributed by atoms with Crippen molar-refractivity contribution in [1.82, 2.24) is 19.6 Å². The molecular weight excluding hydrogens is 656 g/mol. The van der Waals surface area contributed by atoms with E-state index in [1.54, 1.807) is 9.80 Å². The molecule has 2 N–H and O–H groups in total. The normalized spacial score (nSPS) is 16.6. The van der Waals surface area contributed by atoms with Crippen molar-refractivity contribution >= 4 is 56.0 Å². The number of hydrogen-bond acceptors (Lipinski definition) is 8. The molecule has 234 valence electrons. The summed E-state index contributed by atoms with van der Waals surface area (Å²) in [6, 6.07) is 0. The lowest BCUT2D eigenvalue weighted by Gasteiger charge is -2.35. The molecule has 0 unspecified atom stereocenters. The van der Waals surface area contributed by atoms with Crippen molar-refractivity contribution in [3.8, 4) is 0 Å². The Morgan fingerprint density at radius 1 is 0.600 bits per heavy atom. The smallest absolute Gasteiger partial charge is 0.414 e. The zero-order valence-electron chi connectivity index (χ0n) is 24.8. The van der Waals surface area contributed by atoms with Crippen LogP contribution in [0.2, 0.25) is 0 Å². The van der Waals surface area contributed by atoms with Crippen LogP contribution >= 0.6 is 31.9 Å². The van der Waals surface area contributed by atoms with Gasteiger partial charge in [0, 0.05) is 63.0 Å². The fourth-order valence-electron chi connectivity index (χ4n) is 3.53. The van der Waals surface area contributed by atoms with Crippen molar-refractivity contribution in [2.24, 2.45) is 0 Å². The molecule has 0 aromatic carbocycles. The van der Waals surface area contributed by atoms with E-state index in [2.05, 4.69) is 41.7 Å². The maximum absolute atomic E-state index is 11.8. The number of alkyl halides is 2. The highest BCUT2D eigenvalue weighted by molar-refractivity contribution is 9.09. The third kappa shape index (κ3) is 19.4. The largest absolute Gasteiger partial charge is 0.473 e. The number of carboxylic acid groups (broad SMARTS) is 2. The molecule has 0 saturated carbocycles. The molecule has 0 spiro atoms. The van der Waals surface area contributed by atoms with E-state index in [0.29, 0.717) is 0 Å². The lowest BCUT2D eigenvalue weighted by Crippen LogP contribution is -2.50. The first-order chi connectivity index (χ1) is 18.5. The summed E-state index contributed by atoms with van der Waals surface area (Å²) in [5.74, 6) is -3.65. The van der Waals surface area contributed by atoms with Crippen LogP contribution in [0.15, 0.2) is 0 Å². The number of carbonyl (C=O) groups excluding carboxylic acids is 2. The zero-order chi connectivity index (χ0) is 30.9. The minimum absolute atomic E-state index is 0.183. The molecule has 0 atom stereocenters. The van der Waals surface area contributed by atoms with Crippen molar-refractivity contribution in [3.63, 3.8) is 0 Å². The van der Waals surface area contributed by atoms with E-state index < -0.39 is 23.1 Å². The standard InChI is InChI=1S/2C12H23BrN2O2.C2H2O4/c2*1-12(2,3)17-11(16)15-9-7-14(8-10-15)6-4-5-13;3-1(4)2(5)6/h2*4-10H2,1-3H3;(H,3,4)(H,5,6). The SMILES string of the molecule is CC(C)(C)OC(=O)N1CCN(CCCBr)CC1.CC(C)(C)OC(=O)N1CCN(CCCBr)CC1.O=C(O)C(=O)O. The van der Waals surface area contributed by atoms with Crippen molar-refractivity contribution in [2.75, 3.05) is 76.1 Å². The van der Waals surface area contributed by atoms with Gasteiger partial charge in [0.25, 0.3) is 0 Å². The number of hydrogen-bond donors (Lipinski definition) is 2. The Labute approximate surface area is 255 Å². The second kappa shape index (κ2) is 19.5. The van der Waals surface area contributed by atoms with Gasteiger partial charge in [-0.3, -0.25) is 9.80 Å². The quantitative estimate of drug-likeness (QED) is 0.310. The summed E-state index contributed by atoms with van der Waals surface area (Å²) in [6.07, 6.45) is 1.95. The number of carbonyl (C=O) groups is 4. The van der Waals surface area contributed by atoms with E-state index in [1.807, 2.05) is 41.5 Å². The van der Waals surface area contributed by atoms with E-state index in [1.165, 1.54) is 0 Å². The maximum atomic E-state index is 11.8. The highest BCUT2D eigenvalue weighted by Gasteiger charge is 2.26. The van der Waals surface area contributed by atoms with Crippen LogP contribution in [0.25, 0.3) is 0 Å². The fraction of sp³-hybridized carbons (Fsp3) is 0.846. The summed E-state index contributed by atoms with van der Waals surface area (Å²) in [5, 5.41) is 16.9. The lowest BCUT2D eigenvalue weighted by atomic mass is 10.2. The van der Waals surface area contributed by atoms with Crippen LogP contribution in [0, 0.1) is 0 Å². The van der Waals surface area contributed by atoms with Gasteiger partial charge in [0.2, 0.25) is 0 Å². The summed E-state index contributed by atoms with van der Waals surface area (Å²) in [6.45, 7) is 20.5. The van der Waals surface area contributed by atoms with Crippen molar-refractivity contribution in [1.29, 1.82) is 0 Å². The molecule has 2 saturated heterocycles. The second-order valence-corrected chi connectivity index (χ2v) is 12.9. The highest BCUT2D eigenvalue weighted by atomic mass is 79.9. The predicted molar refractivity (Wildman–Crippen MR) is 161 cm³/mol. The minimum atomic E-state index is -1.82. The van der Waals surface area contributed by atoms with Gasteiger partial charge in [-0.1, -0.05) is 31.9 Å². The van der Waals surface area contributed by atoms with Gasteiger partial charge in [-0.05, 0) is 67.5 Å². The zero-order valence-corrected chi connectivity index (χ0v) is 28.0. The number of ether oxygens (including phenoxy) is 2. The van der Waals surface area contributed by atoms with E-state index in [0.717, 1.165) is 88.9 Å². The van der Waals surface area contributed by atoms with Crippen LogP contribution in [0.1, 0.15) is 54.4 Å². The van der Waals surface area contributed by atoms with Gasteiger partial charge in [-0.2, -0.15) is 0 Å². The number of aliphatic carboxylic acids is 2. The van der Waals surface area contributed by atoms with Gasteiger partial charge in [0.05, 0.1) is 0 Å². The molecule has 0 aromatic heterocycles. The molecule has 0 aliphatic carbocycles. The first kappa shape index (κ1) is 38.4. The molecule has 0 aromatic rings. The molecule has 2 heterocycles. The van der Waals surface area contributed by atoms with E-state index in [4.69, 9.17) is 29.3 Å². The van der Waals surface area contributed by atoms with E-state index >= 15 is 0 Å². The van der Waals surface area contributed by atoms with Gasteiger partial charge in [-0.25, -0.2) is 19.2 Å². The Bertz CT molecular complexity index is 710. The van der Waals surface area contributed by atoms with Crippen molar-refractivity contribution < 1.29 is 38.9 Å². The number of amides is 2. The molecule has 14 heteroatoms. The molecule has 2 fully saturated rings. The number of piperazine rings is 2. The lowest BCUT2D eigenvalue weighted by molar-refractivity contribution is -0.159. The van der Waals surface area contributed by atoms with E-state index in [-0.39, 0.29) is 12.2 Å². The Morgan fingerprint density at radius 3 is 1.07 bits per heavy atom. The summed E-state index contributed by atoms with van der Waals surface area (Å²) < 4.78 is 10.7. The molecule has 0 radical (unpaired) electrons. The first-order valence-electron chi connectivity index (χ1n) is 13.5. The Hall–Kier alpha value is -1.64. The molecule has 2 aliphatic rings. The Morgan fingerprint density at radius 2 is 0.875 bits per heavy atom. The average Bonchev–Trinajstić information content (AvgIpc) is 2.85. The summed E-state index contributed by atoms with van der Waals surface area (Å²) >= 11 is 6.87. The fourth-order valence-corrected chi connectivity index (χ4v) is 4.03. The molecule has 12 nitrogen and oxygen atoms in total. The van der Waals surface area contributed by atoms with Gasteiger partial charge in [0.15, 0.2) is 0 Å². The molecule has 2 amide bonds. The maximum Gasteiger partial charge on any atom is 0.414 e. The van der Waals surface area contributed by atoms with Gasteiger partial charge in [-0.15, -0.1) is 0 Å². The van der Waals surface area contributed by atoms with Crippen molar-refractivity contribution in [2.45, 2.75) is 65.6 Å². The number of nitrogens with zero attached hydrogens (tertiary/aromatic N) is 4. The average molecular weight is 704 g/mol. The number of rotatable bonds is 6. The molecule has 2 aliphatic heterocycles. The van der Waals surface area contributed by atoms with Crippen LogP contribution in [-0.4, -0.2) is 141 Å². The van der Waals surface area contributed by atoms with Crippen LogP contribution in [0.5, 0.6) is 0 Å².